The van der Waals surface area contributed by atoms with Crippen molar-refractivity contribution >= 4 is 27.3 Å². The fourth-order valence-electron chi connectivity index (χ4n) is 2.23. The molecule has 0 spiro atoms. The SMILES string of the molecule is CC(C)N(CCNS(=O)(=O)c1cc(N)ccc1Cl)C(C)C. The van der Waals surface area contributed by atoms with E-state index in [-0.39, 0.29) is 9.92 Å². The van der Waals surface area contributed by atoms with Crippen LogP contribution in [0.4, 0.5) is 5.69 Å². The third-order valence-electron chi connectivity index (χ3n) is 3.23. The summed E-state index contributed by atoms with van der Waals surface area (Å²) in [6.45, 7) is 9.30. The van der Waals surface area contributed by atoms with Gasteiger partial charge in [-0.2, -0.15) is 0 Å². The number of nitrogens with one attached hydrogen (secondary N) is 1. The molecule has 1 aromatic carbocycles. The van der Waals surface area contributed by atoms with Crippen LogP contribution in [0.15, 0.2) is 23.1 Å². The number of nitrogens with two attached hydrogens (primary N) is 1. The molecule has 3 N–H and O–H groups in total. The first-order chi connectivity index (χ1) is 9.65. The maximum atomic E-state index is 12.3. The van der Waals surface area contributed by atoms with Crippen molar-refractivity contribution in [1.29, 1.82) is 0 Å². The number of hydrogen-bond acceptors (Lipinski definition) is 4. The minimum Gasteiger partial charge on any atom is -0.399 e. The van der Waals surface area contributed by atoms with E-state index >= 15 is 0 Å². The van der Waals surface area contributed by atoms with Gasteiger partial charge in [0.05, 0.1) is 5.02 Å². The van der Waals surface area contributed by atoms with E-state index in [0.717, 1.165) is 0 Å². The first-order valence-corrected chi connectivity index (χ1v) is 8.81. The van der Waals surface area contributed by atoms with Crippen molar-refractivity contribution in [3.63, 3.8) is 0 Å². The summed E-state index contributed by atoms with van der Waals surface area (Å²) in [7, 11) is -3.65. The van der Waals surface area contributed by atoms with E-state index in [1.165, 1.54) is 12.1 Å². The quantitative estimate of drug-likeness (QED) is 0.751. The molecule has 0 aliphatic rings. The first-order valence-electron chi connectivity index (χ1n) is 6.95. The Morgan fingerprint density at radius 3 is 2.33 bits per heavy atom. The molecule has 0 aliphatic heterocycles. The Morgan fingerprint density at radius 1 is 1.24 bits per heavy atom. The number of sulfonamides is 1. The third-order valence-corrected chi connectivity index (χ3v) is 5.18. The van der Waals surface area contributed by atoms with E-state index in [0.29, 0.717) is 30.9 Å². The van der Waals surface area contributed by atoms with Gasteiger partial charge < -0.3 is 5.73 Å². The summed E-state index contributed by atoms with van der Waals surface area (Å²) in [6.07, 6.45) is 0. The lowest BCUT2D eigenvalue weighted by atomic mass is 10.2. The molecule has 21 heavy (non-hydrogen) atoms. The Kier molecular flexibility index (Phi) is 6.46. The zero-order valence-corrected chi connectivity index (χ0v) is 14.5. The molecule has 0 aromatic heterocycles. The normalized spacial score (nSPS) is 12.6. The molecule has 0 saturated heterocycles. The molecule has 0 atom stereocenters. The second-order valence-corrected chi connectivity index (χ2v) is 7.66. The summed E-state index contributed by atoms with van der Waals surface area (Å²) in [4.78, 5) is 2.23. The van der Waals surface area contributed by atoms with Gasteiger partial charge in [0.25, 0.3) is 0 Å². The summed E-state index contributed by atoms with van der Waals surface area (Å²) in [5, 5.41) is 0.168. The van der Waals surface area contributed by atoms with Gasteiger partial charge in [-0.15, -0.1) is 0 Å². The summed E-state index contributed by atoms with van der Waals surface area (Å²) in [5.41, 5.74) is 5.99. The molecule has 0 amide bonds. The molecule has 1 aromatic rings. The highest BCUT2D eigenvalue weighted by molar-refractivity contribution is 7.89. The Balaban J connectivity index is 2.76. The molecule has 5 nitrogen and oxygen atoms in total. The van der Waals surface area contributed by atoms with Gasteiger partial charge in [-0.25, -0.2) is 13.1 Å². The van der Waals surface area contributed by atoms with Crippen LogP contribution in [0.1, 0.15) is 27.7 Å². The predicted octanol–water partition coefficient (Wildman–Crippen LogP) is 2.32. The standard InChI is InChI=1S/C14H24ClN3O2S/c1-10(2)18(11(3)4)8-7-17-21(19,20)14-9-12(16)5-6-13(14)15/h5-6,9-11,17H,7-8,16H2,1-4H3. The molecular formula is C14H24ClN3O2S. The molecule has 0 radical (unpaired) electrons. The molecule has 1 rings (SSSR count). The number of nitrogens with zero attached hydrogens (tertiary/aromatic N) is 1. The van der Waals surface area contributed by atoms with Crippen molar-refractivity contribution in [2.75, 3.05) is 18.8 Å². The number of halogens is 1. The van der Waals surface area contributed by atoms with Gasteiger partial charge in [0.15, 0.2) is 0 Å². The first kappa shape index (κ1) is 18.2. The highest BCUT2D eigenvalue weighted by Crippen LogP contribution is 2.23. The second kappa shape index (κ2) is 7.45. The van der Waals surface area contributed by atoms with Crippen molar-refractivity contribution in [1.82, 2.24) is 9.62 Å². The Bertz CT molecular complexity index is 566. The molecule has 0 bridgehead atoms. The molecule has 7 heteroatoms. The average molecular weight is 334 g/mol. The van der Waals surface area contributed by atoms with Crippen molar-refractivity contribution in [2.45, 2.75) is 44.7 Å². The highest BCUT2D eigenvalue weighted by atomic mass is 35.5. The number of hydrogen-bond donors (Lipinski definition) is 2. The molecule has 0 fully saturated rings. The van der Waals surface area contributed by atoms with Gasteiger partial charge in [0.2, 0.25) is 10.0 Å². The minimum atomic E-state index is -3.65. The number of nitrogen functional groups attached to an aromatic ring is 1. The largest absolute Gasteiger partial charge is 0.399 e. The number of benzene rings is 1. The summed E-state index contributed by atoms with van der Waals surface area (Å²) in [6, 6.07) is 5.13. The van der Waals surface area contributed by atoms with Gasteiger partial charge >= 0.3 is 0 Å². The molecular weight excluding hydrogens is 310 g/mol. The Hall–Kier alpha value is -0.820. The maximum absolute atomic E-state index is 12.3. The minimum absolute atomic E-state index is 0.0183. The van der Waals surface area contributed by atoms with Crippen molar-refractivity contribution < 1.29 is 8.42 Å². The van der Waals surface area contributed by atoms with Crippen molar-refractivity contribution in [3.05, 3.63) is 23.2 Å². The van der Waals surface area contributed by atoms with Crippen LogP contribution in [0.2, 0.25) is 5.02 Å². The highest BCUT2D eigenvalue weighted by Gasteiger charge is 2.19. The topological polar surface area (TPSA) is 75.4 Å². The maximum Gasteiger partial charge on any atom is 0.242 e. The molecule has 0 heterocycles. The van der Waals surface area contributed by atoms with Crippen molar-refractivity contribution in [3.8, 4) is 0 Å². The van der Waals surface area contributed by atoms with Crippen LogP contribution in [0.25, 0.3) is 0 Å². The van der Waals surface area contributed by atoms with E-state index in [1.807, 2.05) is 0 Å². The van der Waals surface area contributed by atoms with Gasteiger partial charge in [-0.05, 0) is 45.9 Å². The zero-order valence-electron chi connectivity index (χ0n) is 12.9. The molecule has 0 unspecified atom stereocenters. The zero-order chi connectivity index (χ0) is 16.2. The fraction of sp³-hybridized carbons (Fsp3) is 0.571. The number of anilines is 1. The number of rotatable bonds is 7. The van der Waals surface area contributed by atoms with E-state index in [1.54, 1.807) is 6.07 Å². The molecule has 0 aliphatic carbocycles. The monoisotopic (exact) mass is 333 g/mol. The van der Waals surface area contributed by atoms with Crippen LogP contribution in [0.3, 0.4) is 0 Å². The van der Waals surface area contributed by atoms with E-state index in [9.17, 15) is 8.42 Å². The lowest BCUT2D eigenvalue weighted by Gasteiger charge is -2.30. The van der Waals surface area contributed by atoms with Gasteiger partial charge in [0, 0.05) is 30.9 Å². The van der Waals surface area contributed by atoms with Crippen LogP contribution in [0, 0.1) is 0 Å². The third kappa shape index (κ3) is 5.14. The smallest absolute Gasteiger partial charge is 0.242 e. The average Bonchev–Trinajstić information content (AvgIpc) is 2.36. The van der Waals surface area contributed by atoms with Gasteiger partial charge in [-0.3, -0.25) is 4.90 Å². The van der Waals surface area contributed by atoms with Gasteiger partial charge in [0.1, 0.15) is 4.90 Å². The van der Waals surface area contributed by atoms with Crippen LogP contribution in [-0.2, 0) is 10.0 Å². The van der Waals surface area contributed by atoms with E-state index in [2.05, 4.69) is 37.3 Å². The fourth-order valence-corrected chi connectivity index (χ4v) is 3.78. The lowest BCUT2D eigenvalue weighted by Crippen LogP contribution is -2.42. The lowest BCUT2D eigenvalue weighted by molar-refractivity contribution is 0.179. The predicted molar refractivity (Wildman–Crippen MR) is 88.0 cm³/mol. The van der Waals surface area contributed by atoms with Crippen LogP contribution < -0.4 is 10.5 Å². The van der Waals surface area contributed by atoms with Crippen LogP contribution >= 0.6 is 11.6 Å². The Labute approximate surface area is 132 Å². The summed E-state index contributed by atoms with van der Waals surface area (Å²) < 4.78 is 27.1. The molecule has 120 valence electrons. The summed E-state index contributed by atoms with van der Waals surface area (Å²) >= 11 is 5.94. The Morgan fingerprint density at radius 2 is 1.81 bits per heavy atom. The van der Waals surface area contributed by atoms with Crippen LogP contribution in [-0.4, -0.2) is 38.5 Å². The second-order valence-electron chi connectivity index (χ2n) is 5.51. The summed E-state index contributed by atoms with van der Waals surface area (Å²) in [5.74, 6) is 0. The van der Waals surface area contributed by atoms with E-state index < -0.39 is 10.0 Å². The van der Waals surface area contributed by atoms with E-state index in [4.69, 9.17) is 17.3 Å². The van der Waals surface area contributed by atoms with Crippen LogP contribution in [0.5, 0.6) is 0 Å². The van der Waals surface area contributed by atoms with Gasteiger partial charge in [-0.1, -0.05) is 11.6 Å². The molecule has 0 saturated carbocycles. The van der Waals surface area contributed by atoms with Crippen molar-refractivity contribution in [2.24, 2.45) is 0 Å².